The molecule has 2 rings (SSSR count). The van der Waals surface area contributed by atoms with E-state index >= 15 is 0 Å². The molecule has 0 radical (unpaired) electrons. The summed E-state index contributed by atoms with van der Waals surface area (Å²) in [6.45, 7) is 1.20. The predicted octanol–water partition coefficient (Wildman–Crippen LogP) is 1.52. The number of rotatable bonds is 6. The number of nitrogens with zero attached hydrogens (tertiary/aromatic N) is 1. The van der Waals surface area contributed by atoms with E-state index in [1.807, 2.05) is 29.2 Å². The highest BCUT2D eigenvalue weighted by atomic mass is 16.3. The maximum absolute atomic E-state index is 12.6. The summed E-state index contributed by atoms with van der Waals surface area (Å²) in [5, 5.41) is 8.97. The Labute approximate surface area is 114 Å². The minimum absolute atomic E-state index is 0.0634. The monoisotopic (exact) mass is 262 g/mol. The summed E-state index contributed by atoms with van der Waals surface area (Å²) in [5.74, 6) is 0.0634. The Morgan fingerprint density at radius 1 is 1.42 bits per heavy atom. The van der Waals surface area contributed by atoms with Gasteiger partial charge in [0.1, 0.15) is 0 Å². The van der Waals surface area contributed by atoms with Gasteiger partial charge in [-0.3, -0.25) is 4.79 Å². The summed E-state index contributed by atoms with van der Waals surface area (Å²) in [6.07, 6.45) is 3.98. The van der Waals surface area contributed by atoms with Crippen LogP contribution < -0.4 is 5.73 Å². The van der Waals surface area contributed by atoms with E-state index in [0.717, 1.165) is 18.4 Å². The molecule has 0 heterocycles. The van der Waals surface area contributed by atoms with Crippen LogP contribution in [0, 0.1) is 0 Å². The number of benzene rings is 1. The van der Waals surface area contributed by atoms with Crippen LogP contribution in [0.2, 0.25) is 0 Å². The number of hydrogen-bond acceptors (Lipinski definition) is 3. The molecule has 0 aromatic heterocycles. The van der Waals surface area contributed by atoms with Crippen molar-refractivity contribution in [3.05, 3.63) is 35.4 Å². The van der Waals surface area contributed by atoms with E-state index in [4.69, 9.17) is 10.8 Å². The van der Waals surface area contributed by atoms with Crippen molar-refractivity contribution in [1.82, 2.24) is 4.90 Å². The van der Waals surface area contributed by atoms with Gasteiger partial charge < -0.3 is 15.7 Å². The van der Waals surface area contributed by atoms with Crippen molar-refractivity contribution in [2.75, 3.05) is 13.2 Å². The molecule has 1 saturated carbocycles. The molecular formula is C15H22N2O2. The third-order valence-electron chi connectivity index (χ3n) is 3.74. The highest BCUT2D eigenvalue weighted by Gasteiger charge is 2.28. The van der Waals surface area contributed by atoms with Gasteiger partial charge in [0.05, 0.1) is 0 Å². The van der Waals surface area contributed by atoms with Crippen molar-refractivity contribution < 1.29 is 9.90 Å². The quantitative estimate of drug-likeness (QED) is 0.817. The lowest BCUT2D eigenvalue weighted by Crippen LogP contribution is -2.45. The van der Waals surface area contributed by atoms with Gasteiger partial charge >= 0.3 is 0 Å². The van der Waals surface area contributed by atoms with Crippen molar-refractivity contribution in [3.8, 4) is 0 Å². The molecule has 0 bridgehead atoms. The number of carbonyl (C=O) groups excluding carboxylic acids is 1. The van der Waals surface area contributed by atoms with E-state index in [-0.39, 0.29) is 12.5 Å². The zero-order chi connectivity index (χ0) is 13.7. The first-order valence-corrected chi connectivity index (χ1v) is 6.97. The Hall–Kier alpha value is -1.39. The van der Waals surface area contributed by atoms with Gasteiger partial charge in [-0.15, -0.1) is 0 Å². The Kier molecular flexibility index (Phi) is 4.93. The first-order valence-electron chi connectivity index (χ1n) is 6.97. The number of carbonyl (C=O) groups is 1. The van der Waals surface area contributed by atoms with E-state index in [0.29, 0.717) is 31.1 Å². The van der Waals surface area contributed by atoms with Crippen LogP contribution in [0.5, 0.6) is 0 Å². The lowest BCUT2D eigenvalue weighted by Gasteiger charge is -2.37. The van der Waals surface area contributed by atoms with E-state index in [1.54, 1.807) is 0 Å². The second kappa shape index (κ2) is 6.68. The average Bonchev–Trinajstić information content (AvgIpc) is 2.40. The first kappa shape index (κ1) is 14.0. The van der Waals surface area contributed by atoms with Crippen LogP contribution >= 0.6 is 0 Å². The van der Waals surface area contributed by atoms with Crippen molar-refractivity contribution in [3.63, 3.8) is 0 Å². The summed E-state index contributed by atoms with van der Waals surface area (Å²) < 4.78 is 0. The summed E-state index contributed by atoms with van der Waals surface area (Å²) in [6, 6.07) is 7.86. The lowest BCUT2D eigenvalue weighted by atomic mass is 9.90. The highest BCUT2D eigenvalue weighted by Crippen LogP contribution is 2.26. The molecule has 19 heavy (non-hydrogen) atoms. The zero-order valence-electron chi connectivity index (χ0n) is 11.2. The smallest absolute Gasteiger partial charge is 0.254 e. The Morgan fingerprint density at radius 3 is 2.79 bits per heavy atom. The largest absolute Gasteiger partial charge is 0.396 e. The number of aliphatic hydroxyl groups excluding tert-OH is 1. The molecule has 1 aliphatic carbocycles. The van der Waals surface area contributed by atoms with Gasteiger partial charge in [-0.1, -0.05) is 12.1 Å². The Morgan fingerprint density at radius 2 is 2.21 bits per heavy atom. The molecule has 4 heteroatoms. The maximum atomic E-state index is 12.6. The number of hydrogen-bond donors (Lipinski definition) is 2. The van der Waals surface area contributed by atoms with Gasteiger partial charge in [0.15, 0.2) is 0 Å². The summed E-state index contributed by atoms with van der Waals surface area (Å²) >= 11 is 0. The average molecular weight is 262 g/mol. The standard InChI is InChI=1S/C15H22N2O2/c16-11-12-4-1-5-13(10-12)15(19)17(8-3-9-18)14-6-2-7-14/h1,4-5,10,14,18H,2-3,6-9,11,16H2. The van der Waals surface area contributed by atoms with E-state index in [1.165, 1.54) is 6.42 Å². The molecule has 0 saturated heterocycles. The normalized spacial score (nSPS) is 15.1. The van der Waals surface area contributed by atoms with Crippen LogP contribution in [-0.4, -0.2) is 35.1 Å². The predicted molar refractivity (Wildman–Crippen MR) is 74.7 cm³/mol. The SMILES string of the molecule is NCc1cccc(C(=O)N(CCCO)C2CCC2)c1. The molecule has 4 nitrogen and oxygen atoms in total. The van der Waals surface area contributed by atoms with Crippen molar-refractivity contribution in [1.29, 1.82) is 0 Å². The number of nitrogens with two attached hydrogens (primary N) is 1. The Bertz CT molecular complexity index is 430. The molecule has 1 amide bonds. The van der Waals surface area contributed by atoms with Crippen LogP contribution in [0.1, 0.15) is 41.6 Å². The fourth-order valence-corrected chi connectivity index (χ4v) is 2.39. The molecule has 1 fully saturated rings. The van der Waals surface area contributed by atoms with Crippen LogP contribution in [-0.2, 0) is 6.54 Å². The fourth-order valence-electron chi connectivity index (χ4n) is 2.39. The van der Waals surface area contributed by atoms with Crippen molar-refractivity contribution >= 4 is 5.91 Å². The molecule has 0 aliphatic heterocycles. The third-order valence-corrected chi connectivity index (χ3v) is 3.74. The van der Waals surface area contributed by atoms with Gasteiger partial charge in [0, 0.05) is 31.3 Å². The molecule has 1 aromatic carbocycles. The van der Waals surface area contributed by atoms with Crippen LogP contribution in [0.15, 0.2) is 24.3 Å². The molecular weight excluding hydrogens is 240 g/mol. The van der Waals surface area contributed by atoms with E-state index in [9.17, 15) is 4.79 Å². The highest BCUT2D eigenvalue weighted by molar-refractivity contribution is 5.94. The number of amides is 1. The summed E-state index contributed by atoms with van der Waals surface area (Å²) in [5.41, 5.74) is 7.29. The van der Waals surface area contributed by atoms with Gasteiger partial charge in [-0.05, 0) is 43.4 Å². The maximum Gasteiger partial charge on any atom is 0.254 e. The lowest BCUT2D eigenvalue weighted by molar-refractivity contribution is 0.0562. The topological polar surface area (TPSA) is 66.6 Å². The van der Waals surface area contributed by atoms with Crippen molar-refractivity contribution in [2.45, 2.75) is 38.3 Å². The second-order valence-corrected chi connectivity index (χ2v) is 5.06. The summed E-state index contributed by atoms with van der Waals surface area (Å²) in [7, 11) is 0. The minimum atomic E-state index is 0.0634. The molecule has 3 N–H and O–H groups in total. The van der Waals surface area contributed by atoms with Gasteiger partial charge in [-0.2, -0.15) is 0 Å². The van der Waals surface area contributed by atoms with Gasteiger partial charge in [-0.25, -0.2) is 0 Å². The third kappa shape index (κ3) is 3.33. The van der Waals surface area contributed by atoms with E-state index in [2.05, 4.69) is 0 Å². The zero-order valence-corrected chi connectivity index (χ0v) is 11.2. The summed E-state index contributed by atoms with van der Waals surface area (Å²) in [4.78, 5) is 14.5. The van der Waals surface area contributed by atoms with Gasteiger partial charge in [0.25, 0.3) is 5.91 Å². The Balaban J connectivity index is 2.12. The molecule has 0 atom stereocenters. The van der Waals surface area contributed by atoms with Crippen LogP contribution in [0.4, 0.5) is 0 Å². The second-order valence-electron chi connectivity index (χ2n) is 5.06. The fraction of sp³-hybridized carbons (Fsp3) is 0.533. The first-order chi connectivity index (χ1) is 9.26. The van der Waals surface area contributed by atoms with Crippen molar-refractivity contribution in [2.24, 2.45) is 5.73 Å². The number of aliphatic hydroxyl groups is 1. The molecule has 104 valence electrons. The molecule has 0 unspecified atom stereocenters. The minimum Gasteiger partial charge on any atom is -0.396 e. The van der Waals surface area contributed by atoms with E-state index < -0.39 is 0 Å². The molecule has 0 spiro atoms. The van der Waals surface area contributed by atoms with Crippen LogP contribution in [0.25, 0.3) is 0 Å². The molecule has 1 aliphatic rings. The van der Waals surface area contributed by atoms with Gasteiger partial charge in [0.2, 0.25) is 0 Å². The van der Waals surface area contributed by atoms with Crippen LogP contribution in [0.3, 0.4) is 0 Å². The molecule has 1 aromatic rings.